The standard InChI is InChI=1S/C12H23N5O2/c1-3-16(4-2)12(19)5-6-13-9-11-10-17(7-8-18)15-14-11/h10,13,18H,3-9H2,1-2H3. The molecule has 0 radical (unpaired) electrons. The van der Waals surface area contributed by atoms with Crippen molar-refractivity contribution in [2.24, 2.45) is 0 Å². The van der Waals surface area contributed by atoms with Crippen molar-refractivity contribution < 1.29 is 9.90 Å². The third-order valence-electron chi connectivity index (χ3n) is 2.85. The molecule has 0 aromatic carbocycles. The topological polar surface area (TPSA) is 83.3 Å². The van der Waals surface area contributed by atoms with Crippen molar-refractivity contribution in [3.05, 3.63) is 11.9 Å². The third kappa shape index (κ3) is 5.35. The first-order chi connectivity index (χ1) is 9.21. The van der Waals surface area contributed by atoms with Gasteiger partial charge in [-0.05, 0) is 13.8 Å². The molecule has 1 aromatic heterocycles. The number of aliphatic hydroxyl groups excluding tert-OH is 1. The molecule has 1 heterocycles. The first-order valence-electron chi connectivity index (χ1n) is 6.69. The summed E-state index contributed by atoms with van der Waals surface area (Å²) in [4.78, 5) is 13.6. The van der Waals surface area contributed by atoms with Gasteiger partial charge in [-0.1, -0.05) is 5.21 Å². The van der Waals surface area contributed by atoms with E-state index in [4.69, 9.17) is 5.11 Å². The molecule has 0 fully saturated rings. The Hall–Kier alpha value is -1.47. The van der Waals surface area contributed by atoms with Gasteiger partial charge in [0.05, 0.1) is 18.8 Å². The third-order valence-corrected chi connectivity index (χ3v) is 2.85. The predicted octanol–water partition coefficient (Wildman–Crippen LogP) is -0.381. The average molecular weight is 269 g/mol. The molecule has 7 nitrogen and oxygen atoms in total. The van der Waals surface area contributed by atoms with Crippen LogP contribution in [0, 0.1) is 0 Å². The molecule has 0 unspecified atom stereocenters. The van der Waals surface area contributed by atoms with Gasteiger partial charge in [-0.15, -0.1) is 5.10 Å². The van der Waals surface area contributed by atoms with Crippen molar-refractivity contribution in [1.29, 1.82) is 0 Å². The Morgan fingerprint density at radius 2 is 2.21 bits per heavy atom. The molecule has 1 rings (SSSR count). The van der Waals surface area contributed by atoms with Gasteiger partial charge in [-0.25, -0.2) is 4.68 Å². The summed E-state index contributed by atoms with van der Waals surface area (Å²) in [5.74, 6) is 0.168. The lowest BCUT2D eigenvalue weighted by Gasteiger charge is -2.18. The quantitative estimate of drug-likeness (QED) is 0.597. The van der Waals surface area contributed by atoms with Gasteiger partial charge in [0, 0.05) is 38.8 Å². The van der Waals surface area contributed by atoms with E-state index in [9.17, 15) is 4.79 Å². The fourth-order valence-corrected chi connectivity index (χ4v) is 1.78. The van der Waals surface area contributed by atoms with Crippen LogP contribution in [-0.4, -0.2) is 57.1 Å². The Morgan fingerprint density at radius 3 is 2.84 bits per heavy atom. The highest BCUT2D eigenvalue weighted by atomic mass is 16.3. The van der Waals surface area contributed by atoms with Crippen molar-refractivity contribution in [3.63, 3.8) is 0 Å². The summed E-state index contributed by atoms with van der Waals surface area (Å²) in [5.41, 5.74) is 0.809. The molecule has 0 aliphatic rings. The lowest BCUT2D eigenvalue weighted by Crippen LogP contribution is -2.32. The molecule has 19 heavy (non-hydrogen) atoms. The zero-order valence-corrected chi connectivity index (χ0v) is 11.7. The van der Waals surface area contributed by atoms with E-state index in [1.165, 1.54) is 0 Å². The van der Waals surface area contributed by atoms with Crippen LogP contribution in [0.2, 0.25) is 0 Å². The van der Waals surface area contributed by atoms with E-state index in [-0.39, 0.29) is 12.5 Å². The number of aliphatic hydroxyl groups is 1. The summed E-state index contributed by atoms with van der Waals surface area (Å²) in [6.07, 6.45) is 2.28. The molecule has 7 heteroatoms. The summed E-state index contributed by atoms with van der Waals surface area (Å²) in [6, 6.07) is 0. The minimum Gasteiger partial charge on any atom is -0.394 e. The zero-order valence-electron chi connectivity index (χ0n) is 11.7. The summed E-state index contributed by atoms with van der Waals surface area (Å²) >= 11 is 0. The van der Waals surface area contributed by atoms with Gasteiger partial charge in [0.15, 0.2) is 0 Å². The predicted molar refractivity (Wildman–Crippen MR) is 71.4 cm³/mol. The number of hydrogen-bond acceptors (Lipinski definition) is 5. The molecular formula is C12H23N5O2. The number of carbonyl (C=O) groups is 1. The van der Waals surface area contributed by atoms with Crippen molar-refractivity contribution in [1.82, 2.24) is 25.2 Å². The second-order valence-corrected chi connectivity index (χ2v) is 4.19. The normalized spacial score (nSPS) is 10.7. The maximum Gasteiger partial charge on any atom is 0.223 e. The highest BCUT2D eigenvalue weighted by Crippen LogP contribution is 1.95. The van der Waals surface area contributed by atoms with Crippen LogP contribution >= 0.6 is 0 Å². The average Bonchev–Trinajstić information content (AvgIpc) is 2.84. The number of rotatable bonds is 9. The van der Waals surface area contributed by atoms with Gasteiger partial charge in [0.25, 0.3) is 0 Å². The van der Waals surface area contributed by atoms with E-state index >= 15 is 0 Å². The maximum atomic E-state index is 11.7. The van der Waals surface area contributed by atoms with Gasteiger partial charge in [-0.3, -0.25) is 4.79 Å². The fraction of sp³-hybridized carbons (Fsp3) is 0.750. The summed E-state index contributed by atoms with van der Waals surface area (Å²) < 4.78 is 1.60. The minimum atomic E-state index is 0.0502. The van der Waals surface area contributed by atoms with E-state index < -0.39 is 0 Å². The molecule has 2 N–H and O–H groups in total. The Labute approximate surface area is 113 Å². The lowest BCUT2D eigenvalue weighted by molar-refractivity contribution is -0.130. The number of aromatic nitrogens is 3. The van der Waals surface area contributed by atoms with E-state index in [2.05, 4.69) is 15.6 Å². The fourth-order valence-electron chi connectivity index (χ4n) is 1.78. The van der Waals surface area contributed by atoms with E-state index in [1.807, 2.05) is 18.7 Å². The Kier molecular flexibility index (Phi) is 7.06. The first kappa shape index (κ1) is 15.6. The highest BCUT2D eigenvalue weighted by Gasteiger charge is 2.08. The minimum absolute atomic E-state index is 0.0502. The van der Waals surface area contributed by atoms with Crippen molar-refractivity contribution >= 4 is 5.91 Å². The molecule has 0 saturated carbocycles. The Balaban J connectivity index is 2.21. The van der Waals surface area contributed by atoms with Crippen LogP contribution in [0.3, 0.4) is 0 Å². The molecule has 1 aromatic rings. The smallest absolute Gasteiger partial charge is 0.223 e. The molecule has 1 amide bonds. The van der Waals surface area contributed by atoms with Crippen molar-refractivity contribution in [3.8, 4) is 0 Å². The summed E-state index contributed by atoms with van der Waals surface area (Å²) in [5, 5.41) is 19.8. The number of hydrogen-bond donors (Lipinski definition) is 2. The number of amides is 1. The highest BCUT2D eigenvalue weighted by molar-refractivity contribution is 5.76. The SMILES string of the molecule is CCN(CC)C(=O)CCNCc1cn(CCO)nn1. The van der Waals surface area contributed by atoms with Gasteiger partial charge < -0.3 is 15.3 Å². The van der Waals surface area contributed by atoms with Crippen LogP contribution in [0.4, 0.5) is 0 Å². The molecule has 0 aliphatic carbocycles. The van der Waals surface area contributed by atoms with Crippen LogP contribution in [0.25, 0.3) is 0 Å². The summed E-state index contributed by atoms with van der Waals surface area (Å²) in [6.45, 7) is 7.18. The van der Waals surface area contributed by atoms with Gasteiger partial charge in [0.1, 0.15) is 0 Å². The van der Waals surface area contributed by atoms with E-state index in [0.717, 1.165) is 18.8 Å². The molecule has 0 bridgehead atoms. The van der Waals surface area contributed by atoms with E-state index in [0.29, 0.717) is 26.1 Å². The Morgan fingerprint density at radius 1 is 1.47 bits per heavy atom. The molecule has 0 saturated heterocycles. The van der Waals surface area contributed by atoms with Crippen LogP contribution < -0.4 is 5.32 Å². The van der Waals surface area contributed by atoms with Crippen molar-refractivity contribution in [2.45, 2.75) is 33.4 Å². The van der Waals surface area contributed by atoms with E-state index in [1.54, 1.807) is 10.9 Å². The van der Waals surface area contributed by atoms with Crippen molar-refractivity contribution in [2.75, 3.05) is 26.2 Å². The van der Waals surface area contributed by atoms with Crippen LogP contribution in [0.1, 0.15) is 26.0 Å². The van der Waals surface area contributed by atoms with Gasteiger partial charge >= 0.3 is 0 Å². The molecule has 0 atom stereocenters. The number of carbonyl (C=O) groups excluding carboxylic acids is 1. The second-order valence-electron chi connectivity index (χ2n) is 4.19. The number of nitrogens with zero attached hydrogens (tertiary/aromatic N) is 4. The Bertz CT molecular complexity index is 376. The molecule has 0 aliphatic heterocycles. The zero-order chi connectivity index (χ0) is 14.1. The largest absolute Gasteiger partial charge is 0.394 e. The molecule has 0 spiro atoms. The number of nitrogens with one attached hydrogen (secondary N) is 1. The lowest BCUT2D eigenvalue weighted by atomic mass is 10.3. The second kappa shape index (κ2) is 8.60. The van der Waals surface area contributed by atoms with Gasteiger partial charge in [-0.2, -0.15) is 0 Å². The van der Waals surface area contributed by atoms with Crippen LogP contribution in [0.15, 0.2) is 6.20 Å². The monoisotopic (exact) mass is 269 g/mol. The van der Waals surface area contributed by atoms with Crippen LogP contribution in [0.5, 0.6) is 0 Å². The maximum absolute atomic E-state index is 11.7. The molecule has 108 valence electrons. The first-order valence-corrected chi connectivity index (χ1v) is 6.69. The van der Waals surface area contributed by atoms with Crippen LogP contribution in [-0.2, 0) is 17.9 Å². The van der Waals surface area contributed by atoms with Gasteiger partial charge in [0.2, 0.25) is 5.91 Å². The summed E-state index contributed by atoms with van der Waals surface area (Å²) in [7, 11) is 0. The molecular weight excluding hydrogens is 246 g/mol.